The Bertz CT molecular complexity index is 435. The summed E-state index contributed by atoms with van der Waals surface area (Å²) >= 11 is 5.70. The molecule has 4 nitrogen and oxygen atoms in total. The van der Waals surface area contributed by atoms with Gasteiger partial charge in [-0.25, -0.2) is 4.98 Å². The molecule has 5 heteroatoms. The van der Waals surface area contributed by atoms with Gasteiger partial charge in [-0.15, -0.1) is 0 Å². The predicted molar refractivity (Wildman–Crippen MR) is 60.1 cm³/mol. The summed E-state index contributed by atoms with van der Waals surface area (Å²) in [6.07, 6.45) is 5.47. The van der Waals surface area contributed by atoms with Crippen molar-refractivity contribution in [3.63, 3.8) is 0 Å². The van der Waals surface area contributed by atoms with Gasteiger partial charge in [0.1, 0.15) is 5.15 Å². The molecule has 0 aromatic carbocycles. The van der Waals surface area contributed by atoms with Crippen LogP contribution in [0.25, 0.3) is 0 Å². The molecule has 2 rings (SSSR count). The van der Waals surface area contributed by atoms with Gasteiger partial charge >= 0.3 is 0 Å². The lowest BCUT2D eigenvalue weighted by atomic mass is 10.3. The van der Waals surface area contributed by atoms with Crippen molar-refractivity contribution in [2.24, 2.45) is 0 Å². The van der Waals surface area contributed by atoms with Crippen LogP contribution < -0.4 is 5.32 Å². The highest BCUT2D eigenvalue weighted by molar-refractivity contribution is 6.29. The molecule has 15 heavy (non-hydrogen) atoms. The van der Waals surface area contributed by atoms with Crippen molar-refractivity contribution in [3.8, 4) is 0 Å². The lowest BCUT2D eigenvalue weighted by Crippen LogP contribution is -2.00. The summed E-state index contributed by atoms with van der Waals surface area (Å²) in [6.45, 7) is 0.700. The minimum absolute atomic E-state index is 0.509. The second kappa shape index (κ2) is 4.31. The summed E-state index contributed by atoms with van der Waals surface area (Å²) in [5, 5.41) is 7.73. The topological polar surface area (TPSA) is 42.7 Å². The second-order valence-electron chi connectivity index (χ2n) is 3.17. The highest BCUT2D eigenvalue weighted by atomic mass is 35.5. The average Bonchev–Trinajstić information content (AvgIpc) is 2.69. The van der Waals surface area contributed by atoms with E-state index in [0.717, 1.165) is 11.3 Å². The van der Waals surface area contributed by atoms with Gasteiger partial charge in [0, 0.05) is 19.4 Å². The molecule has 2 heterocycles. The van der Waals surface area contributed by atoms with Crippen molar-refractivity contribution < 1.29 is 0 Å². The van der Waals surface area contributed by atoms with Crippen molar-refractivity contribution in [1.29, 1.82) is 0 Å². The fraction of sp³-hybridized carbons (Fsp3) is 0.200. The first-order valence-electron chi connectivity index (χ1n) is 4.58. The van der Waals surface area contributed by atoms with Crippen LogP contribution in [0.4, 0.5) is 5.69 Å². The minimum atomic E-state index is 0.509. The Balaban J connectivity index is 2.11. The van der Waals surface area contributed by atoms with Gasteiger partial charge in [-0.2, -0.15) is 5.10 Å². The Morgan fingerprint density at radius 2 is 2.27 bits per heavy atom. The Hall–Kier alpha value is -1.55. The van der Waals surface area contributed by atoms with E-state index < -0.39 is 0 Å². The van der Waals surface area contributed by atoms with Crippen molar-refractivity contribution >= 4 is 17.3 Å². The highest BCUT2D eigenvalue weighted by Gasteiger charge is 1.98. The number of halogens is 1. The molecule has 0 radical (unpaired) electrons. The van der Waals surface area contributed by atoms with Crippen LogP contribution in [0.5, 0.6) is 0 Å². The average molecular weight is 223 g/mol. The summed E-state index contributed by atoms with van der Waals surface area (Å²) in [4.78, 5) is 4.01. The summed E-state index contributed by atoms with van der Waals surface area (Å²) in [6, 6.07) is 3.72. The number of pyridine rings is 1. The maximum absolute atomic E-state index is 5.70. The van der Waals surface area contributed by atoms with E-state index >= 15 is 0 Å². The molecule has 0 aliphatic carbocycles. The van der Waals surface area contributed by atoms with E-state index in [-0.39, 0.29) is 0 Å². The van der Waals surface area contributed by atoms with E-state index in [1.807, 2.05) is 24.0 Å². The summed E-state index contributed by atoms with van der Waals surface area (Å²) in [5.41, 5.74) is 2.07. The Labute approximate surface area is 92.9 Å². The van der Waals surface area contributed by atoms with E-state index in [0.29, 0.717) is 11.7 Å². The predicted octanol–water partition coefficient (Wildman–Crippen LogP) is 2.02. The molecule has 0 saturated heterocycles. The summed E-state index contributed by atoms with van der Waals surface area (Å²) < 4.78 is 1.84. The van der Waals surface area contributed by atoms with Gasteiger partial charge in [-0.1, -0.05) is 17.7 Å². The number of hydrogen-bond acceptors (Lipinski definition) is 3. The zero-order chi connectivity index (χ0) is 10.7. The molecule has 1 N–H and O–H groups in total. The molecule has 78 valence electrons. The number of aromatic nitrogens is 3. The van der Waals surface area contributed by atoms with Crippen LogP contribution in [0, 0.1) is 0 Å². The molecule has 0 atom stereocenters. The molecular formula is C10H11ClN4. The van der Waals surface area contributed by atoms with Crippen molar-refractivity contribution in [3.05, 3.63) is 41.4 Å². The van der Waals surface area contributed by atoms with Crippen LogP contribution in [0.15, 0.2) is 30.7 Å². The third-order valence-corrected chi connectivity index (χ3v) is 2.28. The number of rotatable bonds is 3. The zero-order valence-corrected chi connectivity index (χ0v) is 9.07. The van der Waals surface area contributed by atoms with Crippen LogP contribution in [-0.2, 0) is 6.54 Å². The van der Waals surface area contributed by atoms with E-state index in [1.54, 1.807) is 18.5 Å². The Morgan fingerprint density at radius 3 is 2.87 bits per heavy atom. The largest absolute Gasteiger partial charge is 0.386 e. The second-order valence-corrected chi connectivity index (χ2v) is 3.55. The van der Waals surface area contributed by atoms with E-state index in [2.05, 4.69) is 15.4 Å². The van der Waals surface area contributed by atoms with Crippen LogP contribution >= 0.6 is 11.6 Å². The van der Waals surface area contributed by atoms with Gasteiger partial charge in [0.2, 0.25) is 0 Å². The standard InChI is InChI=1S/C10H11ClN4/c1-12-9-5-14-15(7-9)6-8-2-3-10(11)13-4-8/h2-5,7,12H,6H2,1H3. The normalized spacial score (nSPS) is 10.3. The van der Waals surface area contributed by atoms with Gasteiger partial charge in [0.25, 0.3) is 0 Å². The van der Waals surface area contributed by atoms with Crippen molar-refractivity contribution in [2.45, 2.75) is 6.54 Å². The fourth-order valence-corrected chi connectivity index (χ4v) is 1.38. The smallest absolute Gasteiger partial charge is 0.129 e. The van der Waals surface area contributed by atoms with Crippen LogP contribution in [0.3, 0.4) is 0 Å². The molecule has 0 spiro atoms. The Morgan fingerprint density at radius 1 is 1.40 bits per heavy atom. The van der Waals surface area contributed by atoms with E-state index in [1.165, 1.54) is 0 Å². The molecular weight excluding hydrogens is 212 g/mol. The first-order chi connectivity index (χ1) is 7.28. The Kier molecular flexibility index (Phi) is 2.87. The first kappa shape index (κ1) is 9.98. The monoisotopic (exact) mass is 222 g/mol. The van der Waals surface area contributed by atoms with E-state index in [9.17, 15) is 0 Å². The van der Waals surface area contributed by atoms with Gasteiger partial charge in [0.05, 0.1) is 18.4 Å². The third kappa shape index (κ3) is 2.47. The molecule has 2 aromatic rings. The van der Waals surface area contributed by atoms with Crippen molar-refractivity contribution in [2.75, 3.05) is 12.4 Å². The molecule has 0 fully saturated rings. The lowest BCUT2D eigenvalue weighted by molar-refractivity contribution is 0.685. The molecule has 0 bridgehead atoms. The molecule has 0 aliphatic rings. The zero-order valence-electron chi connectivity index (χ0n) is 8.31. The number of hydrogen-bond donors (Lipinski definition) is 1. The fourth-order valence-electron chi connectivity index (χ4n) is 1.27. The molecule has 2 aromatic heterocycles. The van der Waals surface area contributed by atoms with Crippen LogP contribution in [-0.4, -0.2) is 21.8 Å². The van der Waals surface area contributed by atoms with Gasteiger partial charge in [-0.3, -0.25) is 4.68 Å². The maximum Gasteiger partial charge on any atom is 0.129 e. The lowest BCUT2D eigenvalue weighted by Gasteiger charge is -2.00. The van der Waals surface area contributed by atoms with Crippen molar-refractivity contribution in [1.82, 2.24) is 14.8 Å². The summed E-state index contributed by atoms with van der Waals surface area (Å²) in [5.74, 6) is 0. The van der Waals surface area contributed by atoms with Crippen LogP contribution in [0.1, 0.15) is 5.56 Å². The molecule has 0 saturated carbocycles. The number of nitrogens with one attached hydrogen (secondary N) is 1. The van der Waals surface area contributed by atoms with Gasteiger partial charge in [-0.05, 0) is 11.6 Å². The first-order valence-corrected chi connectivity index (χ1v) is 4.96. The van der Waals surface area contributed by atoms with Gasteiger partial charge in [0.15, 0.2) is 0 Å². The maximum atomic E-state index is 5.70. The van der Waals surface area contributed by atoms with Gasteiger partial charge < -0.3 is 5.32 Å². The van der Waals surface area contributed by atoms with Crippen LogP contribution in [0.2, 0.25) is 5.15 Å². The SMILES string of the molecule is CNc1cnn(Cc2ccc(Cl)nc2)c1. The number of nitrogens with zero attached hydrogens (tertiary/aromatic N) is 3. The molecule has 0 unspecified atom stereocenters. The molecule has 0 amide bonds. The highest BCUT2D eigenvalue weighted by Crippen LogP contribution is 2.08. The molecule has 0 aliphatic heterocycles. The minimum Gasteiger partial charge on any atom is -0.386 e. The summed E-state index contributed by atoms with van der Waals surface area (Å²) in [7, 11) is 1.87. The van der Waals surface area contributed by atoms with E-state index in [4.69, 9.17) is 11.6 Å². The number of anilines is 1. The third-order valence-electron chi connectivity index (χ3n) is 2.06. The quantitative estimate of drug-likeness (QED) is 0.808.